The second-order valence-corrected chi connectivity index (χ2v) is 4.87. The van der Waals surface area contributed by atoms with Gasteiger partial charge in [-0.1, -0.05) is 29.8 Å². The lowest BCUT2D eigenvalue weighted by atomic mass is 10.2. The van der Waals surface area contributed by atoms with Crippen molar-refractivity contribution in [2.24, 2.45) is 0 Å². The van der Waals surface area contributed by atoms with Gasteiger partial charge in [-0.3, -0.25) is 9.59 Å². The number of benzene rings is 1. The molecular weight excluding hydrogens is 310 g/mol. The SMILES string of the molecule is COCCOCC(=O)N(CC(=O)OC)Cc1ccccc1Cl. The average molecular weight is 330 g/mol. The lowest BCUT2D eigenvalue weighted by Crippen LogP contribution is -2.38. The van der Waals surface area contributed by atoms with Crippen molar-refractivity contribution >= 4 is 23.5 Å². The van der Waals surface area contributed by atoms with Gasteiger partial charge in [-0.15, -0.1) is 0 Å². The first-order valence-corrected chi connectivity index (χ1v) is 7.11. The van der Waals surface area contributed by atoms with Crippen LogP contribution < -0.4 is 0 Å². The smallest absolute Gasteiger partial charge is 0.325 e. The Balaban J connectivity index is 2.68. The van der Waals surface area contributed by atoms with Crippen LogP contribution in [-0.4, -0.2) is 57.4 Å². The first-order valence-electron chi connectivity index (χ1n) is 6.73. The van der Waals surface area contributed by atoms with Crippen molar-refractivity contribution in [1.82, 2.24) is 4.90 Å². The minimum Gasteiger partial charge on any atom is -0.468 e. The summed E-state index contributed by atoms with van der Waals surface area (Å²) in [5.74, 6) is -0.821. The van der Waals surface area contributed by atoms with E-state index in [-0.39, 0.29) is 25.6 Å². The molecule has 0 spiro atoms. The molecule has 0 aliphatic heterocycles. The Morgan fingerprint density at radius 2 is 1.91 bits per heavy atom. The van der Waals surface area contributed by atoms with Gasteiger partial charge < -0.3 is 19.1 Å². The van der Waals surface area contributed by atoms with Gasteiger partial charge in [-0.25, -0.2) is 0 Å². The van der Waals surface area contributed by atoms with E-state index in [1.165, 1.54) is 12.0 Å². The van der Waals surface area contributed by atoms with Crippen molar-refractivity contribution in [3.05, 3.63) is 34.9 Å². The van der Waals surface area contributed by atoms with Crippen molar-refractivity contribution in [2.75, 3.05) is 40.6 Å². The van der Waals surface area contributed by atoms with Crippen LogP contribution in [0.2, 0.25) is 5.02 Å². The minimum absolute atomic E-state index is 0.134. The minimum atomic E-state index is -0.503. The van der Waals surface area contributed by atoms with Crippen LogP contribution in [0, 0.1) is 0 Å². The molecular formula is C15H20ClNO5. The Kier molecular flexibility index (Phi) is 8.50. The van der Waals surface area contributed by atoms with Crippen LogP contribution in [0.15, 0.2) is 24.3 Å². The van der Waals surface area contributed by atoms with E-state index in [4.69, 9.17) is 21.1 Å². The number of rotatable bonds is 9. The molecule has 0 radical (unpaired) electrons. The fraction of sp³-hybridized carbons (Fsp3) is 0.467. The maximum atomic E-state index is 12.2. The Bertz CT molecular complexity index is 495. The van der Waals surface area contributed by atoms with Crippen LogP contribution in [0.25, 0.3) is 0 Å². The zero-order valence-electron chi connectivity index (χ0n) is 12.7. The summed E-state index contributed by atoms with van der Waals surface area (Å²) < 4.78 is 14.6. The van der Waals surface area contributed by atoms with Crippen molar-refractivity contribution in [3.63, 3.8) is 0 Å². The topological polar surface area (TPSA) is 65.1 Å². The summed E-state index contributed by atoms with van der Waals surface area (Å²) in [6, 6.07) is 7.14. The second kappa shape index (κ2) is 10.2. The highest BCUT2D eigenvalue weighted by Crippen LogP contribution is 2.17. The van der Waals surface area contributed by atoms with Gasteiger partial charge in [-0.05, 0) is 11.6 Å². The van der Waals surface area contributed by atoms with Gasteiger partial charge in [-0.2, -0.15) is 0 Å². The fourth-order valence-electron chi connectivity index (χ4n) is 1.68. The third-order valence-electron chi connectivity index (χ3n) is 2.88. The highest BCUT2D eigenvalue weighted by Gasteiger charge is 2.19. The molecule has 7 heteroatoms. The lowest BCUT2D eigenvalue weighted by Gasteiger charge is -2.22. The Labute approximate surface area is 134 Å². The maximum absolute atomic E-state index is 12.2. The van der Waals surface area contributed by atoms with E-state index in [2.05, 4.69) is 4.74 Å². The first kappa shape index (κ1) is 18.4. The van der Waals surface area contributed by atoms with E-state index < -0.39 is 5.97 Å². The molecule has 0 unspecified atom stereocenters. The van der Waals surface area contributed by atoms with Crippen molar-refractivity contribution < 1.29 is 23.8 Å². The number of halogens is 1. The van der Waals surface area contributed by atoms with E-state index in [0.717, 1.165) is 5.56 Å². The van der Waals surface area contributed by atoms with Crippen LogP contribution in [0.4, 0.5) is 0 Å². The highest BCUT2D eigenvalue weighted by molar-refractivity contribution is 6.31. The third-order valence-corrected chi connectivity index (χ3v) is 3.25. The third kappa shape index (κ3) is 6.43. The van der Waals surface area contributed by atoms with Gasteiger partial charge in [0, 0.05) is 18.7 Å². The van der Waals surface area contributed by atoms with Crippen LogP contribution >= 0.6 is 11.6 Å². The summed E-state index contributed by atoms with van der Waals surface area (Å²) in [5, 5.41) is 0.533. The number of esters is 1. The standard InChI is InChI=1S/C15H20ClNO5/c1-20-7-8-22-11-14(18)17(10-15(19)21-2)9-12-5-3-4-6-13(12)16/h3-6H,7-11H2,1-2H3. The van der Waals surface area contributed by atoms with E-state index in [9.17, 15) is 9.59 Å². The van der Waals surface area contributed by atoms with E-state index in [1.807, 2.05) is 6.07 Å². The Morgan fingerprint density at radius 3 is 2.55 bits per heavy atom. The predicted octanol–water partition coefficient (Wildman–Crippen LogP) is 1.50. The summed E-state index contributed by atoms with van der Waals surface area (Å²) in [4.78, 5) is 25.0. The molecule has 22 heavy (non-hydrogen) atoms. The molecule has 0 fully saturated rings. The molecule has 0 atom stereocenters. The van der Waals surface area contributed by atoms with Crippen LogP contribution in [0.5, 0.6) is 0 Å². The molecule has 0 aliphatic carbocycles. The first-order chi connectivity index (χ1) is 10.6. The summed E-state index contributed by atoms with van der Waals surface area (Å²) in [5.41, 5.74) is 0.748. The number of carbonyl (C=O) groups is 2. The molecule has 6 nitrogen and oxygen atoms in total. The summed E-state index contributed by atoms with van der Waals surface area (Å²) in [7, 11) is 2.82. The number of hydrogen-bond acceptors (Lipinski definition) is 5. The molecule has 1 aromatic carbocycles. The quantitative estimate of drug-likeness (QED) is 0.507. The zero-order valence-corrected chi connectivity index (χ0v) is 13.5. The zero-order chi connectivity index (χ0) is 16.4. The van der Waals surface area contributed by atoms with Crippen molar-refractivity contribution in [3.8, 4) is 0 Å². The number of hydrogen-bond donors (Lipinski definition) is 0. The molecule has 0 heterocycles. The molecule has 122 valence electrons. The molecule has 1 amide bonds. The molecule has 0 bridgehead atoms. The monoisotopic (exact) mass is 329 g/mol. The van der Waals surface area contributed by atoms with Crippen molar-refractivity contribution in [2.45, 2.75) is 6.54 Å². The highest BCUT2D eigenvalue weighted by atomic mass is 35.5. The van der Waals surface area contributed by atoms with Crippen LogP contribution in [-0.2, 0) is 30.3 Å². The Morgan fingerprint density at radius 1 is 1.18 bits per heavy atom. The molecule has 0 aromatic heterocycles. The molecule has 1 rings (SSSR count). The van der Waals surface area contributed by atoms with Crippen molar-refractivity contribution in [1.29, 1.82) is 0 Å². The van der Waals surface area contributed by atoms with E-state index >= 15 is 0 Å². The summed E-state index contributed by atoms with van der Waals surface area (Å²) >= 11 is 6.09. The fourth-order valence-corrected chi connectivity index (χ4v) is 1.87. The average Bonchev–Trinajstić information content (AvgIpc) is 2.52. The second-order valence-electron chi connectivity index (χ2n) is 4.46. The summed E-state index contributed by atoms with van der Waals surface area (Å²) in [6.45, 7) is 0.620. The predicted molar refractivity (Wildman–Crippen MR) is 81.6 cm³/mol. The molecule has 0 saturated heterocycles. The molecule has 0 N–H and O–H groups in total. The van der Waals surface area contributed by atoms with Crippen LogP contribution in [0.1, 0.15) is 5.56 Å². The number of methoxy groups -OCH3 is 2. The van der Waals surface area contributed by atoms with Gasteiger partial charge in [0.2, 0.25) is 5.91 Å². The van der Waals surface area contributed by atoms with Crippen LogP contribution in [0.3, 0.4) is 0 Å². The number of ether oxygens (including phenoxy) is 3. The number of nitrogens with zero attached hydrogens (tertiary/aromatic N) is 1. The van der Waals surface area contributed by atoms with Gasteiger partial charge in [0.1, 0.15) is 13.2 Å². The van der Waals surface area contributed by atoms with E-state index in [0.29, 0.717) is 18.2 Å². The van der Waals surface area contributed by atoms with E-state index in [1.54, 1.807) is 25.3 Å². The largest absolute Gasteiger partial charge is 0.468 e. The van der Waals surface area contributed by atoms with Gasteiger partial charge >= 0.3 is 5.97 Å². The maximum Gasteiger partial charge on any atom is 0.325 e. The molecule has 0 aliphatic rings. The molecule has 1 aromatic rings. The summed E-state index contributed by atoms with van der Waals surface area (Å²) in [6.07, 6.45) is 0. The Hall–Kier alpha value is -1.63. The van der Waals surface area contributed by atoms with Gasteiger partial charge in [0.05, 0.1) is 20.3 Å². The molecule has 0 saturated carbocycles. The van der Waals surface area contributed by atoms with Gasteiger partial charge in [0.15, 0.2) is 0 Å². The van der Waals surface area contributed by atoms with Gasteiger partial charge in [0.25, 0.3) is 0 Å². The lowest BCUT2D eigenvalue weighted by molar-refractivity contribution is -0.149. The number of carbonyl (C=O) groups excluding carboxylic acids is 2. The normalized spacial score (nSPS) is 10.3. The number of amides is 1.